The van der Waals surface area contributed by atoms with Gasteiger partial charge in [0.2, 0.25) is 0 Å². The first-order valence-corrected chi connectivity index (χ1v) is 3.47. The van der Waals surface area contributed by atoms with E-state index >= 15 is 0 Å². The van der Waals surface area contributed by atoms with Crippen molar-refractivity contribution in [3.63, 3.8) is 0 Å². The van der Waals surface area contributed by atoms with Gasteiger partial charge < -0.3 is 4.74 Å². The monoisotopic (exact) mass is 169 g/mol. The van der Waals surface area contributed by atoms with E-state index in [0.29, 0.717) is 16.3 Å². The Morgan fingerprint density at radius 3 is 3.27 bits per heavy atom. The highest BCUT2D eigenvalue weighted by molar-refractivity contribution is 6.30. The molecule has 1 aliphatic rings. The van der Waals surface area contributed by atoms with E-state index in [4.69, 9.17) is 16.3 Å². The molecule has 1 aliphatic heterocycles. The maximum absolute atomic E-state index is 10.9. The van der Waals surface area contributed by atoms with Crippen molar-refractivity contribution in [3.8, 4) is 0 Å². The number of halogens is 1. The summed E-state index contributed by atoms with van der Waals surface area (Å²) in [6.45, 7) is 0.269. The van der Waals surface area contributed by atoms with Crippen LogP contribution in [0.3, 0.4) is 0 Å². The lowest BCUT2D eigenvalue weighted by molar-refractivity contribution is 0.0533. The molecule has 0 radical (unpaired) electrons. The summed E-state index contributed by atoms with van der Waals surface area (Å²) < 4.78 is 4.72. The number of hydrogen-bond donors (Lipinski definition) is 0. The van der Waals surface area contributed by atoms with Gasteiger partial charge in [0, 0.05) is 6.20 Å². The number of rotatable bonds is 0. The van der Waals surface area contributed by atoms with Crippen molar-refractivity contribution in [3.05, 3.63) is 28.5 Å². The van der Waals surface area contributed by atoms with Gasteiger partial charge in [-0.05, 0) is 6.07 Å². The van der Waals surface area contributed by atoms with Crippen LogP contribution in [0.5, 0.6) is 0 Å². The van der Waals surface area contributed by atoms with Gasteiger partial charge in [-0.1, -0.05) is 11.6 Å². The Kier molecular flexibility index (Phi) is 1.32. The molecule has 56 valence electrons. The van der Waals surface area contributed by atoms with E-state index in [2.05, 4.69) is 4.98 Å². The van der Waals surface area contributed by atoms with Crippen molar-refractivity contribution in [1.82, 2.24) is 4.98 Å². The average Bonchev–Trinajstić information content (AvgIpc) is 2.33. The SMILES string of the molecule is O=C1OCc2ncc(Cl)cc21. The molecule has 0 spiro atoms. The van der Waals surface area contributed by atoms with Crippen molar-refractivity contribution < 1.29 is 9.53 Å². The minimum Gasteiger partial charge on any atom is -0.456 e. The highest BCUT2D eigenvalue weighted by Crippen LogP contribution is 2.20. The highest BCUT2D eigenvalue weighted by atomic mass is 35.5. The second kappa shape index (κ2) is 2.20. The van der Waals surface area contributed by atoms with Crippen LogP contribution in [0.2, 0.25) is 5.02 Å². The zero-order chi connectivity index (χ0) is 7.84. The van der Waals surface area contributed by atoms with Gasteiger partial charge in [-0.25, -0.2) is 4.79 Å². The fraction of sp³-hybridized carbons (Fsp3) is 0.143. The fourth-order valence-electron chi connectivity index (χ4n) is 0.971. The first-order chi connectivity index (χ1) is 5.27. The Bertz CT molecular complexity index is 324. The zero-order valence-electron chi connectivity index (χ0n) is 5.50. The number of nitrogens with zero attached hydrogens (tertiary/aromatic N) is 1. The summed E-state index contributed by atoms with van der Waals surface area (Å²) in [5.41, 5.74) is 1.15. The van der Waals surface area contributed by atoms with E-state index in [1.807, 2.05) is 0 Å². The van der Waals surface area contributed by atoms with Gasteiger partial charge in [-0.3, -0.25) is 4.98 Å². The van der Waals surface area contributed by atoms with Crippen LogP contribution in [0.25, 0.3) is 0 Å². The number of carbonyl (C=O) groups excluding carboxylic acids is 1. The normalized spacial score (nSPS) is 14.5. The number of pyridine rings is 1. The second-order valence-corrected chi connectivity index (χ2v) is 2.66. The molecule has 1 aromatic heterocycles. The molecule has 0 saturated carbocycles. The first kappa shape index (κ1) is 6.61. The largest absolute Gasteiger partial charge is 0.456 e. The number of esters is 1. The maximum atomic E-state index is 10.9. The quantitative estimate of drug-likeness (QED) is 0.552. The van der Waals surface area contributed by atoms with Crippen molar-refractivity contribution in [1.29, 1.82) is 0 Å². The summed E-state index contributed by atoms with van der Waals surface area (Å²) in [6, 6.07) is 1.57. The molecule has 1 aromatic rings. The molecule has 0 aromatic carbocycles. The molecule has 0 aliphatic carbocycles. The number of cyclic esters (lactones) is 1. The van der Waals surface area contributed by atoms with Gasteiger partial charge in [0.25, 0.3) is 0 Å². The van der Waals surface area contributed by atoms with Crippen LogP contribution in [-0.2, 0) is 11.3 Å². The van der Waals surface area contributed by atoms with Gasteiger partial charge in [0.05, 0.1) is 16.3 Å². The lowest BCUT2D eigenvalue weighted by Crippen LogP contribution is -1.93. The molecule has 0 amide bonds. The highest BCUT2D eigenvalue weighted by Gasteiger charge is 2.21. The molecule has 0 saturated heterocycles. The summed E-state index contributed by atoms with van der Waals surface area (Å²) in [5.74, 6) is -0.338. The molecule has 11 heavy (non-hydrogen) atoms. The van der Waals surface area contributed by atoms with Gasteiger partial charge in [-0.15, -0.1) is 0 Å². The number of carbonyl (C=O) groups is 1. The standard InChI is InChI=1S/C7H4ClNO2/c8-4-1-5-6(9-2-4)3-11-7(5)10/h1-2H,3H2. The van der Waals surface area contributed by atoms with Crippen LogP contribution in [-0.4, -0.2) is 11.0 Å². The molecule has 4 heteroatoms. The number of hydrogen-bond acceptors (Lipinski definition) is 3. The van der Waals surface area contributed by atoms with Crippen LogP contribution >= 0.6 is 11.6 Å². The summed E-state index contributed by atoms with van der Waals surface area (Å²) in [5, 5.41) is 0.461. The third-order valence-electron chi connectivity index (χ3n) is 1.50. The fourth-order valence-corrected chi connectivity index (χ4v) is 1.13. The molecule has 0 atom stereocenters. The molecule has 0 N–H and O–H groups in total. The van der Waals surface area contributed by atoms with Gasteiger partial charge in [0.1, 0.15) is 6.61 Å². The molecule has 0 unspecified atom stereocenters. The summed E-state index contributed by atoms with van der Waals surface area (Å²) in [7, 11) is 0. The first-order valence-electron chi connectivity index (χ1n) is 3.09. The number of ether oxygens (including phenoxy) is 1. The molecule has 0 bridgehead atoms. The van der Waals surface area contributed by atoms with Crippen LogP contribution in [0.15, 0.2) is 12.3 Å². The van der Waals surface area contributed by atoms with Gasteiger partial charge in [0.15, 0.2) is 0 Å². The van der Waals surface area contributed by atoms with Crippen molar-refractivity contribution >= 4 is 17.6 Å². The van der Waals surface area contributed by atoms with E-state index < -0.39 is 0 Å². The van der Waals surface area contributed by atoms with Gasteiger partial charge >= 0.3 is 5.97 Å². The Morgan fingerprint density at radius 1 is 1.64 bits per heavy atom. The van der Waals surface area contributed by atoms with Crippen LogP contribution in [0, 0.1) is 0 Å². The third-order valence-corrected chi connectivity index (χ3v) is 1.70. The van der Waals surface area contributed by atoms with Crippen LogP contribution in [0.4, 0.5) is 0 Å². The molecular formula is C7H4ClNO2. The molecule has 2 heterocycles. The Morgan fingerprint density at radius 2 is 2.45 bits per heavy atom. The lowest BCUT2D eigenvalue weighted by atomic mass is 10.2. The second-order valence-electron chi connectivity index (χ2n) is 2.22. The maximum Gasteiger partial charge on any atom is 0.340 e. The number of fused-ring (bicyclic) bond motifs is 1. The van der Waals surface area contributed by atoms with E-state index in [0.717, 1.165) is 0 Å². The average molecular weight is 170 g/mol. The summed E-state index contributed by atoms with van der Waals surface area (Å²) in [4.78, 5) is 14.8. The zero-order valence-corrected chi connectivity index (χ0v) is 6.26. The molecule has 2 rings (SSSR count). The van der Waals surface area contributed by atoms with E-state index in [9.17, 15) is 4.79 Å². The predicted molar refractivity (Wildman–Crippen MR) is 38.4 cm³/mol. The molecule has 3 nitrogen and oxygen atoms in total. The third kappa shape index (κ3) is 0.973. The Balaban J connectivity index is 2.60. The van der Waals surface area contributed by atoms with E-state index in [1.165, 1.54) is 6.20 Å². The smallest absolute Gasteiger partial charge is 0.340 e. The lowest BCUT2D eigenvalue weighted by Gasteiger charge is -1.91. The summed E-state index contributed by atoms with van der Waals surface area (Å²) in [6.07, 6.45) is 1.50. The van der Waals surface area contributed by atoms with Crippen molar-refractivity contribution in [2.24, 2.45) is 0 Å². The minimum absolute atomic E-state index is 0.269. The van der Waals surface area contributed by atoms with E-state index in [1.54, 1.807) is 6.07 Å². The van der Waals surface area contributed by atoms with Gasteiger partial charge in [-0.2, -0.15) is 0 Å². The molecule has 0 fully saturated rings. The Hall–Kier alpha value is -1.09. The van der Waals surface area contributed by atoms with Crippen molar-refractivity contribution in [2.45, 2.75) is 6.61 Å². The van der Waals surface area contributed by atoms with Crippen LogP contribution in [0.1, 0.15) is 16.1 Å². The minimum atomic E-state index is -0.338. The van der Waals surface area contributed by atoms with Crippen LogP contribution < -0.4 is 0 Å². The predicted octanol–water partition coefficient (Wildman–Crippen LogP) is 1.41. The topological polar surface area (TPSA) is 39.2 Å². The summed E-state index contributed by atoms with van der Waals surface area (Å²) >= 11 is 5.62. The van der Waals surface area contributed by atoms with Crippen molar-refractivity contribution in [2.75, 3.05) is 0 Å². The molecular weight excluding hydrogens is 166 g/mol. The van der Waals surface area contributed by atoms with E-state index in [-0.39, 0.29) is 12.6 Å². The Labute approximate surface area is 68.0 Å². The number of aromatic nitrogens is 1.